The van der Waals surface area contributed by atoms with Crippen LogP contribution in [-0.4, -0.2) is 46.9 Å². The van der Waals surface area contributed by atoms with Crippen LogP contribution in [-0.2, 0) is 14.8 Å². The summed E-state index contributed by atoms with van der Waals surface area (Å²) in [5.41, 5.74) is 2.87. The summed E-state index contributed by atoms with van der Waals surface area (Å²) >= 11 is 0. The second-order valence-corrected chi connectivity index (χ2v) is 9.05. The van der Waals surface area contributed by atoms with Gasteiger partial charge in [0.1, 0.15) is 18.1 Å². The van der Waals surface area contributed by atoms with Gasteiger partial charge >= 0.3 is 0 Å². The lowest BCUT2D eigenvalue weighted by atomic mass is 10.1. The van der Waals surface area contributed by atoms with Crippen LogP contribution >= 0.6 is 0 Å². The van der Waals surface area contributed by atoms with Crippen molar-refractivity contribution in [2.45, 2.75) is 26.8 Å². The molecule has 0 fully saturated rings. The number of nitrogens with zero attached hydrogens (tertiary/aromatic N) is 1. The van der Waals surface area contributed by atoms with Gasteiger partial charge in [0.05, 0.1) is 18.0 Å². The second-order valence-electron chi connectivity index (χ2n) is 7.04. The molecule has 0 saturated carbocycles. The Morgan fingerprint density at radius 1 is 1.03 bits per heavy atom. The van der Waals surface area contributed by atoms with Gasteiger partial charge in [-0.3, -0.25) is 9.10 Å². The van der Waals surface area contributed by atoms with Crippen LogP contribution in [0.15, 0.2) is 42.5 Å². The number of hydrogen-bond donors (Lipinski definition) is 1. The third-order valence-electron chi connectivity index (χ3n) is 4.45. The minimum atomic E-state index is -3.32. The Bertz CT molecular complexity index is 942. The Labute approximate surface area is 172 Å². The summed E-state index contributed by atoms with van der Waals surface area (Å²) in [6.45, 7) is 6.13. The quantitative estimate of drug-likeness (QED) is 0.674. The molecule has 7 nitrogen and oxygen atoms in total. The van der Waals surface area contributed by atoms with E-state index in [0.29, 0.717) is 18.0 Å². The fourth-order valence-corrected chi connectivity index (χ4v) is 2.98. The minimum absolute atomic E-state index is 0.144. The number of aryl methyl sites for hydroxylation is 2. The first-order valence-electron chi connectivity index (χ1n) is 9.22. The number of amides is 1. The number of nitrogens with one attached hydrogen (secondary N) is 1. The van der Waals surface area contributed by atoms with Crippen molar-refractivity contribution in [1.82, 2.24) is 5.32 Å². The van der Waals surface area contributed by atoms with Crippen molar-refractivity contribution in [3.05, 3.63) is 53.6 Å². The molecular formula is C21H28N2O5S. The van der Waals surface area contributed by atoms with E-state index in [1.54, 1.807) is 24.3 Å². The Kier molecular flexibility index (Phi) is 7.50. The Hall–Kier alpha value is -2.74. The SMILES string of the molecule is Cc1ccc(OC[C@@H](C)NC(=O)COc2ccc(N(C)S(C)(=O)=O)cc2)cc1C. The number of rotatable bonds is 9. The van der Waals surface area contributed by atoms with Crippen molar-refractivity contribution in [3.63, 3.8) is 0 Å². The van der Waals surface area contributed by atoms with Gasteiger partial charge in [-0.05, 0) is 68.3 Å². The number of sulfonamides is 1. The summed E-state index contributed by atoms with van der Waals surface area (Å²) in [5.74, 6) is 0.980. The fraction of sp³-hybridized carbons (Fsp3) is 0.381. The van der Waals surface area contributed by atoms with Gasteiger partial charge < -0.3 is 14.8 Å². The standard InChI is InChI=1S/C21H28N2O5S/c1-15-6-9-20(12-16(15)2)27-13-17(3)22-21(24)14-28-19-10-7-18(8-11-19)23(4)29(5,25)26/h6-12,17H,13-14H2,1-5H3,(H,22,24)/t17-/m1/s1. The molecule has 0 radical (unpaired) electrons. The highest BCUT2D eigenvalue weighted by Crippen LogP contribution is 2.20. The van der Waals surface area contributed by atoms with E-state index in [4.69, 9.17) is 9.47 Å². The second kappa shape index (κ2) is 9.65. The normalized spacial score (nSPS) is 12.2. The predicted molar refractivity (Wildman–Crippen MR) is 114 cm³/mol. The Morgan fingerprint density at radius 2 is 1.66 bits per heavy atom. The van der Waals surface area contributed by atoms with E-state index < -0.39 is 10.0 Å². The summed E-state index contributed by atoms with van der Waals surface area (Å²) in [5, 5.41) is 2.82. The summed E-state index contributed by atoms with van der Waals surface area (Å²) in [7, 11) is -1.85. The lowest BCUT2D eigenvalue weighted by Gasteiger charge is -2.17. The van der Waals surface area contributed by atoms with Crippen LogP contribution in [0.1, 0.15) is 18.1 Å². The number of carbonyl (C=O) groups excluding carboxylic acids is 1. The zero-order valence-electron chi connectivity index (χ0n) is 17.4. The molecule has 158 valence electrons. The van der Waals surface area contributed by atoms with E-state index in [2.05, 4.69) is 5.32 Å². The summed E-state index contributed by atoms with van der Waals surface area (Å²) < 4.78 is 35.4. The van der Waals surface area contributed by atoms with Crippen molar-refractivity contribution in [1.29, 1.82) is 0 Å². The summed E-state index contributed by atoms with van der Waals surface area (Å²) in [6, 6.07) is 12.2. The smallest absolute Gasteiger partial charge is 0.258 e. The van der Waals surface area contributed by atoms with E-state index in [0.717, 1.165) is 17.6 Å². The average Bonchev–Trinajstić information content (AvgIpc) is 2.66. The molecule has 0 aromatic heterocycles. The zero-order chi connectivity index (χ0) is 21.6. The van der Waals surface area contributed by atoms with Gasteiger partial charge in [-0.25, -0.2) is 8.42 Å². The van der Waals surface area contributed by atoms with Crippen molar-refractivity contribution in [2.75, 3.05) is 30.8 Å². The van der Waals surface area contributed by atoms with E-state index in [1.165, 1.54) is 16.9 Å². The number of carbonyl (C=O) groups is 1. The number of benzene rings is 2. The number of ether oxygens (including phenoxy) is 2. The van der Waals surface area contributed by atoms with Crippen molar-refractivity contribution in [2.24, 2.45) is 0 Å². The maximum Gasteiger partial charge on any atom is 0.258 e. The minimum Gasteiger partial charge on any atom is -0.491 e. The molecule has 0 unspecified atom stereocenters. The Balaban J connectivity index is 1.78. The third-order valence-corrected chi connectivity index (χ3v) is 5.66. The molecule has 8 heteroatoms. The first-order chi connectivity index (χ1) is 13.6. The van der Waals surface area contributed by atoms with Crippen LogP contribution in [0.5, 0.6) is 11.5 Å². The maximum atomic E-state index is 12.1. The molecule has 1 atom stereocenters. The average molecular weight is 421 g/mol. The van der Waals surface area contributed by atoms with Gasteiger partial charge in [0.15, 0.2) is 6.61 Å². The van der Waals surface area contributed by atoms with Gasteiger partial charge in [0, 0.05) is 7.05 Å². The van der Waals surface area contributed by atoms with Gasteiger partial charge in [-0.15, -0.1) is 0 Å². The van der Waals surface area contributed by atoms with Gasteiger partial charge in [0.2, 0.25) is 10.0 Å². The molecule has 2 aromatic carbocycles. The monoisotopic (exact) mass is 420 g/mol. The van der Waals surface area contributed by atoms with E-state index in [9.17, 15) is 13.2 Å². The van der Waals surface area contributed by atoms with Crippen molar-refractivity contribution >= 4 is 21.6 Å². The molecule has 29 heavy (non-hydrogen) atoms. The molecule has 0 aliphatic rings. The fourth-order valence-electron chi connectivity index (χ4n) is 2.48. The van der Waals surface area contributed by atoms with Crippen LogP contribution in [0.25, 0.3) is 0 Å². The molecular weight excluding hydrogens is 392 g/mol. The van der Waals surface area contributed by atoms with Crippen LogP contribution in [0.2, 0.25) is 0 Å². The van der Waals surface area contributed by atoms with E-state index in [-0.39, 0.29) is 18.6 Å². The number of anilines is 1. The predicted octanol–water partition coefficient (Wildman–Crippen LogP) is 2.66. The first-order valence-corrected chi connectivity index (χ1v) is 11.1. The summed E-state index contributed by atoms with van der Waals surface area (Å²) in [6.07, 6.45) is 1.13. The van der Waals surface area contributed by atoms with Gasteiger partial charge in [-0.2, -0.15) is 0 Å². The lowest BCUT2D eigenvalue weighted by molar-refractivity contribution is -0.123. The largest absolute Gasteiger partial charge is 0.491 e. The molecule has 1 amide bonds. The Morgan fingerprint density at radius 3 is 2.24 bits per heavy atom. The highest BCUT2D eigenvalue weighted by Gasteiger charge is 2.12. The summed E-state index contributed by atoms with van der Waals surface area (Å²) in [4.78, 5) is 12.1. The van der Waals surface area contributed by atoms with E-state index in [1.807, 2.05) is 39.0 Å². The highest BCUT2D eigenvalue weighted by molar-refractivity contribution is 7.92. The number of hydrogen-bond acceptors (Lipinski definition) is 5. The molecule has 0 spiro atoms. The molecule has 0 heterocycles. The topological polar surface area (TPSA) is 84.9 Å². The molecule has 0 aliphatic heterocycles. The zero-order valence-corrected chi connectivity index (χ0v) is 18.2. The van der Waals surface area contributed by atoms with Crippen LogP contribution in [0.4, 0.5) is 5.69 Å². The van der Waals surface area contributed by atoms with Crippen LogP contribution in [0, 0.1) is 13.8 Å². The lowest BCUT2D eigenvalue weighted by Crippen LogP contribution is -2.39. The molecule has 2 rings (SSSR count). The highest BCUT2D eigenvalue weighted by atomic mass is 32.2. The van der Waals surface area contributed by atoms with Crippen molar-refractivity contribution < 1.29 is 22.7 Å². The molecule has 1 N–H and O–H groups in total. The van der Waals surface area contributed by atoms with E-state index >= 15 is 0 Å². The molecule has 2 aromatic rings. The van der Waals surface area contributed by atoms with Crippen LogP contribution in [0.3, 0.4) is 0 Å². The molecule has 0 saturated heterocycles. The van der Waals surface area contributed by atoms with Gasteiger partial charge in [0.25, 0.3) is 5.91 Å². The molecule has 0 aliphatic carbocycles. The molecule has 0 bridgehead atoms. The first kappa shape index (κ1) is 22.5. The van der Waals surface area contributed by atoms with Gasteiger partial charge in [-0.1, -0.05) is 6.07 Å². The maximum absolute atomic E-state index is 12.1. The van der Waals surface area contributed by atoms with Crippen LogP contribution < -0.4 is 19.1 Å². The van der Waals surface area contributed by atoms with Crippen molar-refractivity contribution in [3.8, 4) is 11.5 Å². The third kappa shape index (κ3) is 6.98.